The SMILES string of the molecule is O=C(O)c1ccccc1OCc1cc(=O)n2ncsc2n1. The van der Waals surface area contributed by atoms with E-state index in [-0.39, 0.29) is 23.5 Å². The molecule has 2 heterocycles. The van der Waals surface area contributed by atoms with Gasteiger partial charge in [0.2, 0.25) is 4.96 Å². The zero-order valence-electron chi connectivity index (χ0n) is 10.6. The predicted octanol–water partition coefficient (Wildman–Crippen LogP) is 1.43. The van der Waals surface area contributed by atoms with Crippen molar-refractivity contribution in [1.82, 2.24) is 14.6 Å². The third-order valence-corrected chi connectivity index (χ3v) is 3.41. The summed E-state index contributed by atoms with van der Waals surface area (Å²) in [4.78, 5) is 27.5. The van der Waals surface area contributed by atoms with Crippen molar-refractivity contribution in [3.63, 3.8) is 0 Å². The molecular weight excluding hydrogens is 294 g/mol. The van der Waals surface area contributed by atoms with Crippen LogP contribution in [0.4, 0.5) is 0 Å². The molecule has 0 spiro atoms. The van der Waals surface area contributed by atoms with Crippen molar-refractivity contribution in [2.75, 3.05) is 0 Å². The second kappa shape index (κ2) is 5.33. The summed E-state index contributed by atoms with van der Waals surface area (Å²) in [6.07, 6.45) is 0. The highest BCUT2D eigenvalue weighted by molar-refractivity contribution is 7.14. The first-order valence-electron chi connectivity index (χ1n) is 5.93. The number of benzene rings is 1. The van der Waals surface area contributed by atoms with Gasteiger partial charge in [-0.05, 0) is 12.1 Å². The van der Waals surface area contributed by atoms with Crippen molar-refractivity contribution < 1.29 is 14.6 Å². The van der Waals surface area contributed by atoms with Crippen molar-refractivity contribution in [3.8, 4) is 5.75 Å². The Hall–Kier alpha value is -2.74. The lowest BCUT2D eigenvalue weighted by Crippen LogP contribution is -2.16. The summed E-state index contributed by atoms with van der Waals surface area (Å²) >= 11 is 1.24. The molecule has 0 aliphatic heterocycles. The minimum absolute atomic E-state index is 0.00787. The molecule has 3 aromatic rings. The lowest BCUT2D eigenvalue weighted by atomic mass is 10.2. The molecule has 0 amide bonds. The predicted molar refractivity (Wildman–Crippen MR) is 74.9 cm³/mol. The van der Waals surface area contributed by atoms with Gasteiger partial charge in [0.05, 0.1) is 5.69 Å². The van der Waals surface area contributed by atoms with Crippen LogP contribution in [0.1, 0.15) is 16.1 Å². The van der Waals surface area contributed by atoms with E-state index < -0.39 is 5.97 Å². The molecule has 0 fully saturated rings. The van der Waals surface area contributed by atoms with E-state index in [0.29, 0.717) is 10.7 Å². The summed E-state index contributed by atoms with van der Waals surface area (Å²) in [7, 11) is 0. The van der Waals surface area contributed by atoms with Crippen LogP contribution in [0, 0.1) is 0 Å². The normalized spacial score (nSPS) is 10.7. The number of carboxylic acid groups (broad SMARTS) is 1. The van der Waals surface area contributed by atoms with Gasteiger partial charge in [-0.15, -0.1) is 0 Å². The van der Waals surface area contributed by atoms with Crippen LogP contribution in [0.3, 0.4) is 0 Å². The second-order valence-electron chi connectivity index (χ2n) is 4.11. The average molecular weight is 303 g/mol. The molecule has 0 saturated carbocycles. The third-order valence-electron chi connectivity index (χ3n) is 2.73. The Labute approximate surface area is 122 Å². The fraction of sp³-hybridized carbons (Fsp3) is 0.0769. The van der Waals surface area contributed by atoms with E-state index in [2.05, 4.69) is 10.1 Å². The number of ether oxygens (including phenoxy) is 1. The van der Waals surface area contributed by atoms with Gasteiger partial charge in [0, 0.05) is 6.07 Å². The standard InChI is InChI=1S/C13H9N3O4S/c17-11-5-8(15-13-16(11)14-7-21-13)6-20-10-4-2-1-3-9(10)12(18)19/h1-5,7H,6H2,(H,18,19). The van der Waals surface area contributed by atoms with E-state index in [0.717, 1.165) is 0 Å². The first kappa shape index (κ1) is 13.3. The minimum Gasteiger partial charge on any atom is -0.486 e. The number of carbonyl (C=O) groups is 1. The number of hydrogen-bond acceptors (Lipinski definition) is 6. The average Bonchev–Trinajstić information content (AvgIpc) is 2.94. The monoisotopic (exact) mass is 303 g/mol. The number of aromatic nitrogens is 3. The largest absolute Gasteiger partial charge is 0.486 e. The molecule has 0 atom stereocenters. The molecule has 1 aromatic carbocycles. The molecule has 2 aromatic heterocycles. The van der Waals surface area contributed by atoms with Gasteiger partial charge in [-0.2, -0.15) is 9.61 Å². The number of carboxylic acids is 1. The second-order valence-corrected chi connectivity index (χ2v) is 4.92. The highest BCUT2D eigenvalue weighted by atomic mass is 32.1. The molecule has 106 valence electrons. The van der Waals surface area contributed by atoms with Crippen LogP contribution in [0.5, 0.6) is 5.75 Å². The molecule has 1 N–H and O–H groups in total. The lowest BCUT2D eigenvalue weighted by Gasteiger charge is -2.08. The maximum absolute atomic E-state index is 11.8. The first-order chi connectivity index (χ1) is 10.1. The molecule has 0 aliphatic carbocycles. The quantitative estimate of drug-likeness (QED) is 0.783. The third kappa shape index (κ3) is 2.61. The van der Waals surface area contributed by atoms with E-state index in [9.17, 15) is 9.59 Å². The van der Waals surface area contributed by atoms with Gasteiger partial charge in [0.1, 0.15) is 23.4 Å². The molecule has 0 saturated heterocycles. The maximum Gasteiger partial charge on any atom is 0.339 e. The number of para-hydroxylation sites is 1. The zero-order valence-corrected chi connectivity index (χ0v) is 11.4. The Morgan fingerprint density at radius 1 is 1.38 bits per heavy atom. The summed E-state index contributed by atoms with van der Waals surface area (Å²) in [5, 5.41) is 12.9. The molecule has 0 aliphatic rings. The van der Waals surface area contributed by atoms with E-state index in [4.69, 9.17) is 9.84 Å². The maximum atomic E-state index is 11.8. The molecule has 21 heavy (non-hydrogen) atoms. The Kier molecular flexibility index (Phi) is 3.36. The van der Waals surface area contributed by atoms with E-state index in [1.54, 1.807) is 18.2 Å². The summed E-state index contributed by atoms with van der Waals surface area (Å²) < 4.78 is 6.65. The Morgan fingerprint density at radius 2 is 2.19 bits per heavy atom. The van der Waals surface area contributed by atoms with Crippen LogP contribution in [-0.2, 0) is 6.61 Å². The van der Waals surface area contributed by atoms with E-state index in [1.165, 1.54) is 33.5 Å². The van der Waals surface area contributed by atoms with Crippen LogP contribution in [0.2, 0.25) is 0 Å². The van der Waals surface area contributed by atoms with Crippen molar-refractivity contribution in [2.24, 2.45) is 0 Å². The van der Waals surface area contributed by atoms with E-state index in [1.807, 2.05) is 0 Å². The van der Waals surface area contributed by atoms with Gasteiger partial charge in [0.15, 0.2) is 0 Å². The Bertz CT molecular complexity index is 871. The fourth-order valence-corrected chi connectivity index (χ4v) is 2.44. The number of aromatic carboxylic acids is 1. The zero-order chi connectivity index (χ0) is 14.8. The van der Waals surface area contributed by atoms with Crippen LogP contribution in [0.15, 0.2) is 40.6 Å². The Balaban J connectivity index is 1.87. The number of rotatable bonds is 4. The van der Waals surface area contributed by atoms with Crippen LogP contribution in [-0.4, -0.2) is 25.7 Å². The fourth-order valence-electron chi connectivity index (χ4n) is 1.80. The summed E-state index contributed by atoms with van der Waals surface area (Å²) in [5.74, 6) is -0.840. The molecule has 3 rings (SSSR count). The van der Waals surface area contributed by atoms with Crippen LogP contribution < -0.4 is 10.3 Å². The molecule has 0 bridgehead atoms. The summed E-state index contributed by atoms with van der Waals surface area (Å²) in [6, 6.07) is 7.62. The van der Waals surface area contributed by atoms with Crippen LogP contribution >= 0.6 is 11.3 Å². The molecule has 8 heteroatoms. The molecule has 0 radical (unpaired) electrons. The van der Waals surface area contributed by atoms with Gasteiger partial charge >= 0.3 is 5.97 Å². The van der Waals surface area contributed by atoms with Gasteiger partial charge in [0.25, 0.3) is 5.56 Å². The first-order valence-corrected chi connectivity index (χ1v) is 6.81. The number of hydrogen-bond donors (Lipinski definition) is 1. The summed E-state index contributed by atoms with van der Waals surface area (Å²) in [5.41, 5.74) is 1.71. The van der Waals surface area contributed by atoms with Crippen LogP contribution in [0.25, 0.3) is 4.96 Å². The molecule has 7 nitrogen and oxygen atoms in total. The van der Waals surface area contributed by atoms with Gasteiger partial charge in [-0.1, -0.05) is 23.5 Å². The highest BCUT2D eigenvalue weighted by Crippen LogP contribution is 2.19. The minimum atomic E-state index is -1.07. The van der Waals surface area contributed by atoms with Crippen molar-refractivity contribution in [3.05, 3.63) is 57.5 Å². The topological polar surface area (TPSA) is 93.8 Å². The summed E-state index contributed by atoms with van der Waals surface area (Å²) in [6.45, 7) is 0.00787. The highest BCUT2D eigenvalue weighted by Gasteiger charge is 2.11. The lowest BCUT2D eigenvalue weighted by molar-refractivity contribution is 0.0691. The van der Waals surface area contributed by atoms with Crippen molar-refractivity contribution >= 4 is 22.3 Å². The molecule has 0 unspecified atom stereocenters. The van der Waals surface area contributed by atoms with Gasteiger partial charge in [-0.25, -0.2) is 9.78 Å². The van der Waals surface area contributed by atoms with E-state index >= 15 is 0 Å². The molecular formula is C13H9N3O4S. The smallest absolute Gasteiger partial charge is 0.339 e. The van der Waals surface area contributed by atoms with Gasteiger partial charge < -0.3 is 9.84 Å². The number of nitrogens with zero attached hydrogens (tertiary/aromatic N) is 3. The number of fused-ring (bicyclic) bond motifs is 1. The van der Waals surface area contributed by atoms with Crippen molar-refractivity contribution in [2.45, 2.75) is 6.61 Å². The van der Waals surface area contributed by atoms with Crippen molar-refractivity contribution in [1.29, 1.82) is 0 Å². The van der Waals surface area contributed by atoms with Gasteiger partial charge in [-0.3, -0.25) is 4.79 Å². The Morgan fingerprint density at radius 3 is 3.00 bits per heavy atom.